The largest absolute Gasteiger partial charge is 0.488 e. The van der Waals surface area contributed by atoms with Crippen molar-refractivity contribution in [2.24, 2.45) is 11.3 Å². The van der Waals surface area contributed by atoms with Crippen LogP contribution in [-0.2, 0) is 84.6 Å². The number of carbonyl (C=O) groups excluding carboxylic acids is 7. The van der Waals surface area contributed by atoms with Crippen LogP contribution in [0, 0.1) is 23.7 Å². The number of rotatable bonds is 31. The Labute approximate surface area is 908 Å². The van der Waals surface area contributed by atoms with Crippen molar-refractivity contribution in [2.45, 2.75) is 167 Å². The molecule has 820 valence electrons. The van der Waals surface area contributed by atoms with Gasteiger partial charge in [0.1, 0.15) is 99.8 Å². The smallest absolute Gasteiger partial charge is 0.316 e. The van der Waals surface area contributed by atoms with Gasteiger partial charge in [-0.05, 0) is 207 Å². The second kappa shape index (κ2) is 61.9. The predicted molar refractivity (Wildman–Crippen MR) is 623 cm³/mol. The van der Waals surface area contributed by atoms with Gasteiger partial charge in [-0.2, -0.15) is 0 Å². The zero-order valence-electron chi connectivity index (χ0n) is 101. The number of carbonyl (C=O) groups is 7. The van der Waals surface area contributed by atoms with Gasteiger partial charge >= 0.3 is 23.9 Å². The Morgan fingerprint density at radius 1 is 0.313 bits per heavy atom. The van der Waals surface area contributed by atoms with E-state index in [4.69, 9.17) is 30.1 Å². The Balaban J connectivity index is 0.000000835. The molecule has 150 heavy (non-hydrogen) atoms. The molecule has 0 aliphatic heterocycles. The number of hydrogen-bond donors (Lipinski definition) is 0. The lowest BCUT2D eigenvalue weighted by molar-refractivity contribution is -0.884. The van der Waals surface area contributed by atoms with E-state index >= 15 is 0 Å². The molecule has 10 aromatic rings. The fraction of sp³-hybridized carbons (Fsp3) is 0.445. The van der Waals surface area contributed by atoms with Crippen molar-refractivity contribution >= 4 is 47.3 Å². The lowest BCUT2D eigenvalue weighted by Crippen LogP contribution is -2.33. The van der Waals surface area contributed by atoms with Crippen LogP contribution in [0.15, 0.2) is 249 Å². The van der Waals surface area contributed by atoms with Crippen molar-refractivity contribution in [1.82, 2.24) is 0 Å². The highest BCUT2D eigenvalue weighted by Crippen LogP contribution is 2.26. The topological polar surface area (TPSA) is 166 Å². The van der Waals surface area contributed by atoms with Crippen LogP contribution in [-0.4, -0.2) is 303 Å². The molecule has 0 atom stereocenters. The molecule has 0 heterocycles. The number of quaternary nitrogens is 10. The minimum absolute atomic E-state index is 0.0964. The van der Waals surface area contributed by atoms with E-state index in [1.165, 1.54) is 62.6 Å². The third-order valence-electron chi connectivity index (χ3n) is 20.3. The van der Waals surface area contributed by atoms with Crippen molar-refractivity contribution in [3.8, 4) is 41.1 Å². The minimum Gasteiger partial charge on any atom is -0.488 e. The van der Waals surface area contributed by atoms with E-state index in [9.17, 15) is 33.6 Å². The maximum absolute atomic E-state index is 11.7. The first-order chi connectivity index (χ1) is 68.5. The summed E-state index contributed by atoms with van der Waals surface area (Å²) >= 11 is 0. The zero-order chi connectivity index (χ0) is 115. The molecule has 0 aromatic heterocycles. The molecule has 0 radical (unpaired) electrons. The van der Waals surface area contributed by atoms with Crippen LogP contribution in [0.2, 0.25) is 0 Å². The summed E-state index contributed by atoms with van der Waals surface area (Å²) in [6.45, 7) is 36.9. The summed E-state index contributed by atoms with van der Waals surface area (Å²) in [6.07, 6.45) is 7.55. The molecule has 22 heteroatoms. The summed E-state index contributed by atoms with van der Waals surface area (Å²) in [5.41, 5.74) is 16.6. The summed E-state index contributed by atoms with van der Waals surface area (Å²) in [5.74, 6) is 5.45. The van der Waals surface area contributed by atoms with Gasteiger partial charge < -0.3 is 68.5 Å². The van der Waals surface area contributed by atoms with Crippen LogP contribution in [0.1, 0.15) is 194 Å². The second-order valence-electron chi connectivity index (χ2n) is 51.1. The average molecular weight is 2070 g/mol. The summed E-state index contributed by atoms with van der Waals surface area (Å²) < 4.78 is 35.4. The van der Waals surface area contributed by atoms with Gasteiger partial charge in [-0.15, -0.1) is 6.42 Å². The molecule has 10 rings (SSSR count). The van der Waals surface area contributed by atoms with Crippen LogP contribution in [0.3, 0.4) is 0 Å². The number of benzene rings is 10. The number of terminal acetylenes is 1. The Morgan fingerprint density at radius 2 is 0.593 bits per heavy atom. The Bertz CT molecular complexity index is 5730. The van der Waals surface area contributed by atoms with Crippen molar-refractivity contribution in [3.05, 3.63) is 333 Å². The van der Waals surface area contributed by atoms with Crippen molar-refractivity contribution in [1.29, 1.82) is 0 Å². The molecular formula is C128H196N10O12+10. The monoisotopic (exact) mass is 2070 g/mol. The van der Waals surface area contributed by atoms with Gasteiger partial charge in [0.2, 0.25) is 0 Å². The van der Waals surface area contributed by atoms with E-state index in [0.29, 0.717) is 29.4 Å². The van der Waals surface area contributed by atoms with Crippen LogP contribution in [0.5, 0.6) is 28.7 Å². The number of nitrogens with zero attached hydrogens (tertiary/aromatic N) is 10. The molecular weight excluding hydrogens is 1870 g/mol. The first-order valence-corrected chi connectivity index (χ1v) is 51.5. The molecule has 0 fully saturated rings. The molecule has 22 nitrogen and oxygen atoms in total. The van der Waals surface area contributed by atoms with Gasteiger partial charge in [-0.3, -0.25) is 33.6 Å². The van der Waals surface area contributed by atoms with Gasteiger partial charge in [0.15, 0.2) is 17.3 Å². The molecule has 0 unspecified atom stereocenters. The molecule has 0 saturated heterocycles. The highest BCUT2D eigenvalue weighted by molar-refractivity contribution is 5.96. The molecule has 0 bridgehead atoms. The van der Waals surface area contributed by atoms with E-state index in [2.05, 4.69) is 311 Å². The SMILES string of the molecule is C#Cc1ccc(C[N+](C)(C)C)cc1.C=Cc1ccc(C[N+](C)(C)C)cc1.CC(=O)Oc1ccc(C[N+](C)(C)C)cc1.CC(=O)c1ccc(C[N+](C)(C)C)cc1.CC(=O)c1cccc(C[N+](C)(C)C)c1.CC(=O)c1ccccc1C[N+](C)(C)C.CC(C)(C)C(=O)Oc1ccc(C[N+](C)(C)C)cc1.CC(C)(C)Oc1ccc(C[N+](C)(C)C)cc1.CC(C)C(=O)Oc1ccc(C[N+](C)(C)C)cc1.CCC(=O)Oc1ccc(C[N+](C)(C)C)cc1. The van der Waals surface area contributed by atoms with E-state index in [-0.39, 0.29) is 52.7 Å². The minimum atomic E-state index is -0.471. The Hall–Kier alpha value is -12.2. The van der Waals surface area contributed by atoms with Gasteiger partial charge in [-0.25, -0.2) is 0 Å². The fourth-order valence-corrected chi connectivity index (χ4v) is 14.2. The zero-order valence-corrected chi connectivity index (χ0v) is 101. The lowest BCUT2D eigenvalue weighted by atomic mass is 9.97. The predicted octanol–water partition coefficient (Wildman–Crippen LogP) is 23.1. The van der Waals surface area contributed by atoms with Crippen molar-refractivity contribution in [3.63, 3.8) is 0 Å². The van der Waals surface area contributed by atoms with Crippen LogP contribution >= 0.6 is 0 Å². The number of esters is 4. The second-order valence-corrected chi connectivity index (χ2v) is 51.1. The van der Waals surface area contributed by atoms with Crippen molar-refractivity contribution < 1.29 is 102 Å². The number of Topliss-reactive ketones (excluding diaryl/α,β-unsaturated/α-hetero) is 3. The quantitative estimate of drug-likeness (QED) is 0.0133. The number of ether oxygens (including phenoxy) is 5. The molecule has 0 aliphatic carbocycles. The Morgan fingerprint density at radius 3 is 0.867 bits per heavy atom. The molecule has 0 spiro atoms. The average Bonchev–Trinajstić information content (AvgIpc) is 0.837. The number of ketones is 3. The van der Waals surface area contributed by atoms with E-state index in [1.54, 1.807) is 27.7 Å². The van der Waals surface area contributed by atoms with Gasteiger partial charge in [0, 0.05) is 91.2 Å². The van der Waals surface area contributed by atoms with Crippen LogP contribution in [0.4, 0.5) is 0 Å². The van der Waals surface area contributed by atoms with Crippen molar-refractivity contribution in [2.75, 3.05) is 211 Å². The maximum atomic E-state index is 11.7. The summed E-state index contributed by atoms with van der Waals surface area (Å²) in [7, 11) is 64.7. The molecule has 0 aliphatic rings. The molecule has 0 N–H and O–H groups in total. The molecule has 10 aromatic carbocycles. The normalized spacial score (nSPS) is 11.6. The first kappa shape index (κ1) is 136. The highest BCUT2D eigenvalue weighted by Gasteiger charge is 2.25. The van der Waals surface area contributed by atoms with E-state index in [0.717, 1.165) is 144 Å². The van der Waals surface area contributed by atoms with E-state index in [1.807, 2.05) is 217 Å². The molecule has 0 saturated carbocycles. The Kier molecular flexibility index (Phi) is 56.1. The maximum Gasteiger partial charge on any atom is 0.316 e. The standard InChI is InChI=1S/C15H24NO2.C14H22NO2.C14H24NO.C13H20NO2.C12H18NO2.3C12H18NO.C12H18N.C12H16N/c1-15(2,3)14(17)18-13-9-7-12(8-10-13)11-16(4,5)6;1-11(2)14(16)17-13-8-6-12(7-9-13)10-15(3,4)5;1-14(2,3)16-13-9-7-12(8-10-13)11-15(4,5)6;1-5-13(15)16-12-8-6-11(7-9-12)10-14(2,3)4;1-10(14)15-12-7-5-11(6-8-12)9-13(2,3)4;1-10(14)12-7-5-11(6-8-12)9-13(2,3)4;1-10(14)12-7-5-6-11(8-12)9-13(2,3)4;1-10(14)12-8-6-5-7-11(12)9-13(2,3)4;2*1-5-11-6-8-12(9-7-11)10-13(2,3)4/h7-10H,11H2,1-6H3;6-9,11H,10H2,1-5H3;7-10H,11H2,1-6H3;6-9H,5,10H2,1-4H3;5-8H,9H2,1-4H3;3*5-8H,9H2,1-4H3;5-9H,1,10H2,2-4H3;1,6-9H,10H2,2-4H3/q10*+1. The van der Waals surface area contributed by atoms with Gasteiger partial charge in [0.05, 0.1) is 223 Å². The van der Waals surface area contributed by atoms with E-state index < -0.39 is 5.41 Å². The van der Waals surface area contributed by atoms with Crippen LogP contribution < -0.4 is 23.7 Å². The summed E-state index contributed by atoms with van der Waals surface area (Å²) in [6, 6.07) is 79.4. The van der Waals surface area contributed by atoms with Crippen LogP contribution in [0.25, 0.3) is 6.08 Å². The van der Waals surface area contributed by atoms with Gasteiger partial charge in [0.25, 0.3) is 0 Å². The summed E-state index contributed by atoms with van der Waals surface area (Å²) in [5, 5.41) is 0. The lowest BCUT2D eigenvalue weighted by Gasteiger charge is -2.24. The first-order valence-electron chi connectivity index (χ1n) is 51.5. The fourth-order valence-electron chi connectivity index (χ4n) is 14.2. The number of hydrogen-bond acceptors (Lipinski definition) is 12. The summed E-state index contributed by atoms with van der Waals surface area (Å²) in [4.78, 5) is 78.4. The van der Waals surface area contributed by atoms with Gasteiger partial charge in [-0.1, -0.05) is 142 Å². The molecule has 0 amide bonds. The third kappa shape index (κ3) is 70.0. The third-order valence-corrected chi connectivity index (χ3v) is 20.3. The highest BCUT2D eigenvalue weighted by atomic mass is 16.5.